The summed E-state index contributed by atoms with van der Waals surface area (Å²) in [4.78, 5) is 13.1. The molecular weight excluding hydrogens is 202 g/mol. The van der Waals surface area contributed by atoms with Gasteiger partial charge in [0.2, 0.25) is 0 Å². The van der Waals surface area contributed by atoms with Crippen LogP contribution < -0.4 is 11.1 Å². The molecule has 0 spiro atoms. The molecule has 1 aromatic carbocycles. The minimum atomic E-state index is -0.0550. The number of nitrogens with two attached hydrogens (primary N) is 1. The van der Waals surface area contributed by atoms with E-state index in [-0.39, 0.29) is 6.03 Å². The second-order valence-electron chi connectivity index (χ2n) is 3.72. The van der Waals surface area contributed by atoms with Crippen molar-refractivity contribution in [2.45, 2.75) is 20.0 Å². The fourth-order valence-corrected chi connectivity index (χ4v) is 1.49. The molecule has 0 saturated heterocycles. The average molecular weight is 221 g/mol. The Hall–Kier alpha value is -1.55. The Morgan fingerprint density at radius 2 is 2.12 bits per heavy atom. The summed E-state index contributed by atoms with van der Waals surface area (Å²) in [5.74, 6) is 0. The lowest BCUT2D eigenvalue weighted by atomic mass is 10.1. The lowest BCUT2D eigenvalue weighted by Crippen LogP contribution is -2.36. The molecule has 2 amide bonds. The molecule has 3 N–H and O–H groups in total. The van der Waals surface area contributed by atoms with Crippen molar-refractivity contribution in [3.05, 3.63) is 35.4 Å². The van der Waals surface area contributed by atoms with E-state index in [9.17, 15) is 4.79 Å². The van der Waals surface area contributed by atoms with Gasteiger partial charge in [-0.05, 0) is 18.1 Å². The summed E-state index contributed by atoms with van der Waals surface area (Å²) in [6.07, 6.45) is 0. The Morgan fingerprint density at radius 1 is 1.44 bits per heavy atom. The van der Waals surface area contributed by atoms with Crippen molar-refractivity contribution in [3.63, 3.8) is 0 Å². The molecule has 0 heterocycles. The van der Waals surface area contributed by atoms with Gasteiger partial charge in [0.25, 0.3) is 0 Å². The number of nitrogens with zero attached hydrogens (tertiary/aromatic N) is 1. The van der Waals surface area contributed by atoms with E-state index in [1.807, 2.05) is 31.2 Å². The molecule has 0 aliphatic heterocycles. The summed E-state index contributed by atoms with van der Waals surface area (Å²) in [6.45, 7) is 3.67. The van der Waals surface area contributed by atoms with Gasteiger partial charge in [-0.3, -0.25) is 0 Å². The van der Waals surface area contributed by atoms with Crippen LogP contribution in [0.5, 0.6) is 0 Å². The van der Waals surface area contributed by atoms with Crippen molar-refractivity contribution in [1.82, 2.24) is 10.2 Å². The zero-order valence-electron chi connectivity index (χ0n) is 9.86. The molecule has 1 aromatic rings. The number of urea groups is 1. The van der Waals surface area contributed by atoms with Crippen LogP contribution in [-0.2, 0) is 13.1 Å². The van der Waals surface area contributed by atoms with E-state index in [0.717, 1.165) is 11.1 Å². The molecule has 0 aromatic heterocycles. The number of carbonyl (C=O) groups excluding carboxylic acids is 1. The van der Waals surface area contributed by atoms with Crippen LogP contribution in [0.1, 0.15) is 18.1 Å². The first kappa shape index (κ1) is 12.5. The number of rotatable bonds is 4. The Balaban J connectivity index is 2.61. The van der Waals surface area contributed by atoms with Crippen LogP contribution in [0.2, 0.25) is 0 Å². The Kier molecular flexibility index (Phi) is 4.79. The molecular formula is C12H19N3O. The SMILES string of the molecule is CCNC(=O)N(C)Cc1cccc(CN)c1. The molecule has 0 aliphatic carbocycles. The normalized spacial score (nSPS) is 9.94. The van der Waals surface area contributed by atoms with E-state index in [4.69, 9.17) is 5.73 Å². The molecule has 0 atom stereocenters. The summed E-state index contributed by atoms with van der Waals surface area (Å²) in [7, 11) is 1.78. The quantitative estimate of drug-likeness (QED) is 0.805. The van der Waals surface area contributed by atoms with E-state index >= 15 is 0 Å². The number of carbonyl (C=O) groups is 1. The highest BCUT2D eigenvalue weighted by Gasteiger charge is 2.07. The Morgan fingerprint density at radius 3 is 2.75 bits per heavy atom. The highest BCUT2D eigenvalue weighted by atomic mass is 16.2. The summed E-state index contributed by atoms with van der Waals surface area (Å²) in [6, 6.07) is 7.91. The van der Waals surface area contributed by atoms with Gasteiger partial charge in [-0.1, -0.05) is 24.3 Å². The van der Waals surface area contributed by atoms with Crippen molar-refractivity contribution in [2.24, 2.45) is 5.73 Å². The molecule has 1 rings (SSSR count). The molecule has 0 aliphatic rings. The summed E-state index contributed by atoms with van der Waals surface area (Å²) in [5.41, 5.74) is 7.74. The highest BCUT2D eigenvalue weighted by molar-refractivity contribution is 5.73. The van der Waals surface area contributed by atoms with Gasteiger partial charge < -0.3 is 16.0 Å². The molecule has 16 heavy (non-hydrogen) atoms. The minimum Gasteiger partial charge on any atom is -0.338 e. The number of hydrogen-bond donors (Lipinski definition) is 2. The smallest absolute Gasteiger partial charge is 0.317 e. The number of hydrogen-bond acceptors (Lipinski definition) is 2. The maximum atomic E-state index is 11.5. The second-order valence-corrected chi connectivity index (χ2v) is 3.72. The third-order valence-corrected chi connectivity index (χ3v) is 2.32. The minimum absolute atomic E-state index is 0.0550. The van der Waals surface area contributed by atoms with E-state index < -0.39 is 0 Å². The van der Waals surface area contributed by atoms with Crippen molar-refractivity contribution in [3.8, 4) is 0 Å². The van der Waals surface area contributed by atoms with Crippen LogP contribution in [0.4, 0.5) is 4.79 Å². The van der Waals surface area contributed by atoms with Crippen LogP contribution in [-0.4, -0.2) is 24.5 Å². The van der Waals surface area contributed by atoms with Gasteiger partial charge in [-0.25, -0.2) is 4.79 Å². The molecule has 0 radical (unpaired) electrons. The van der Waals surface area contributed by atoms with Gasteiger partial charge in [0, 0.05) is 26.7 Å². The van der Waals surface area contributed by atoms with Crippen molar-refractivity contribution in [1.29, 1.82) is 0 Å². The maximum Gasteiger partial charge on any atom is 0.317 e. The molecule has 0 bridgehead atoms. The molecule has 4 nitrogen and oxygen atoms in total. The number of amides is 2. The predicted molar refractivity (Wildman–Crippen MR) is 64.9 cm³/mol. The van der Waals surface area contributed by atoms with Crippen LogP contribution in [0.3, 0.4) is 0 Å². The van der Waals surface area contributed by atoms with Crippen LogP contribution in [0, 0.1) is 0 Å². The van der Waals surface area contributed by atoms with Gasteiger partial charge in [-0.15, -0.1) is 0 Å². The first-order chi connectivity index (χ1) is 7.67. The van der Waals surface area contributed by atoms with Crippen molar-refractivity contribution in [2.75, 3.05) is 13.6 Å². The van der Waals surface area contributed by atoms with Gasteiger partial charge >= 0.3 is 6.03 Å². The van der Waals surface area contributed by atoms with Crippen molar-refractivity contribution < 1.29 is 4.79 Å². The lowest BCUT2D eigenvalue weighted by molar-refractivity contribution is 0.207. The maximum absolute atomic E-state index is 11.5. The topological polar surface area (TPSA) is 58.4 Å². The van der Waals surface area contributed by atoms with E-state index in [0.29, 0.717) is 19.6 Å². The third-order valence-electron chi connectivity index (χ3n) is 2.32. The monoisotopic (exact) mass is 221 g/mol. The fourth-order valence-electron chi connectivity index (χ4n) is 1.49. The standard InChI is InChI=1S/C12H19N3O/c1-3-14-12(16)15(2)9-11-6-4-5-10(7-11)8-13/h4-7H,3,8-9,13H2,1-2H3,(H,14,16). The first-order valence-corrected chi connectivity index (χ1v) is 5.44. The average Bonchev–Trinajstić information content (AvgIpc) is 2.29. The van der Waals surface area contributed by atoms with Crippen LogP contribution in [0.25, 0.3) is 0 Å². The fraction of sp³-hybridized carbons (Fsp3) is 0.417. The van der Waals surface area contributed by atoms with E-state index in [2.05, 4.69) is 5.32 Å². The summed E-state index contributed by atoms with van der Waals surface area (Å²) < 4.78 is 0. The van der Waals surface area contributed by atoms with E-state index in [1.54, 1.807) is 11.9 Å². The summed E-state index contributed by atoms with van der Waals surface area (Å²) >= 11 is 0. The molecule has 0 unspecified atom stereocenters. The van der Waals surface area contributed by atoms with Gasteiger partial charge in [0.15, 0.2) is 0 Å². The zero-order valence-corrected chi connectivity index (χ0v) is 9.86. The molecule has 88 valence electrons. The van der Waals surface area contributed by atoms with E-state index in [1.165, 1.54) is 0 Å². The van der Waals surface area contributed by atoms with Crippen LogP contribution in [0.15, 0.2) is 24.3 Å². The second kappa shape index (κ2) is 6.12. The number of benzene rings is 1. The summed E-state index contributed by atoms with van der Waals surface area (Å²) in [5, 5.41) is 2.76. The first-order valence-electron chi connectivity index (χ1n) is 5.44. The van der Waals surface area contributed by atoms with Gasteiger partial charge in [0.1, 0.15) is 0 Å². The molecule has 0 saturated carbocycles. The van der Waals surface area contributed by atoms with Gasteiger partial charge in [-0.2, -0.15) is 0 Å². The Labute approximate surface area is 96.4 Å². The van der Waals surface area contributed by atoms with Crippen molar-refractivity contribution >= 4 is 6.03 Å². The molecule has 4 heteroatoms. The zero-order chi connectivity index (χ0) is 12.0. The lowest BCUT2D eigenvalue weighted by Gasteiger charge is -2.17. The predicted octanol–water partition coefficient (Wildman–Crippen LogP) is 1.31. The third kappa shape index (κ3) is 3.55. The molecule has 0 fully saturated rings. The van der Waals surface area contributed by atoms with Crippen LogP contribution >= 0.6 is 0 Å². The largest absolute Gasteiger partial charge is 0.338 e. The Bertz CT molecular complexity index is 352. The highest BCUT2D eigenvalue weighted by Crippen LogP contribution is 2.07. The number of nitrogens with one attached hydrogen (secondary N) is 1. The van der Waals surface area contributed by atoms with Gasteiger partial charge in [0.05, 0.1) is 0 Å².